The Morgan fingerprint density at radius 3 is 2.91 bits per heavy atom. The van der Waals surface area contributed by atoms with E-state index in [1.807, 2.05) is 18.7 Å². The van der Waals surface area contributed by atoms with E-state index in [9.17, 15) is 9.18 Å². The zero-order valence-corrected chi connectivity index (χ0v) is 13.9. The van der Waals surface area contributed by atoms with Gasteiger partial charge in [0.15, 0.2) is 0 Å². The molecule has 0 aliphatic carbocycles. The molecule has 0 bridgehead atoms. The number of carbonyl (C=O) groups is 1. The first-order valence-corrected chi connectivity index (χ1v) is 8.01. The fraction of sp³-hybridized carbons (Fsp3) is 0.412. The maximum atomic E-state index is 13.1. The maximum Gasteiger partial charge on any atom is 0.227 e. The van der Waals surface area contributed by atoms with Gasteiger partial charge in [0.25, 0.3) is 0 Å². The van der Waals surface area contributed by atoms with Crippen LogP contribution in [-0.2, 0) is 11.2 Å². The molecule has 1 amide bonds. The van der Waals surface area contributed by atoms with Gasteiger partial charge in [0.05, 0.1) is 18.2 Å². The normalized spacial score (nSPS) is 17.7. The van der Waals surface area contributed by atoms with E-state index in [-0.39, 0.29) is 23.4 Å². The Bertz CT molecular complexity index is 725. The molecule has 3 rings (SSSR count). The van der Waals surface area contributed by atoms with Crippen molar-refractivity contribution in [3.8, 4) is 0 Å². The highest BCUT2D eigenvalue weighted by Gasteiger charge is 2.33. The van der Waals surface area contributed by atoms with Gasteiger partial charge in [-0.05, 0) is 44.4 Å². The fourth-order valence-corrected chi connectivity index (χ4v) is 3.49. The van der Waals surface area contributed by atoms with Gasteiger partial charge in [-0.2, -0.15) is 0 Å². The lowest BCUT2D eigenvalue weighted by Gasteiger charge is -2.25. The Hall–Kier alpha value is -1.88. The summed E-state index contributed by atoms with van der Waals surface area (Å²) in [5.74, 6) is 0.342. The molecule has 23 heavy (non-hydrogen) atoms. The van der Waals surface area contributed by atoms with Crippen molar-refractivity contribution in [3.05, 3.63) is 51.6 Å². The molecule has 6 heteroatoms. The lowest BCUT2D eigenvalue weighted by Crippen LogP contribution is -2.32. The molecule has 1 fully saturated rings. The van der Waals surface area contributed by atoms with Crippen LogP contribution in [0.4, 0.5) is 4.39 Å². The molecule has 2 heterocycles. The standard InChI is InChI=1S/C17H18ClFN2O2/c1-10-17(11(2)23-20-10)15-4-3-7-21(15)16(22)8-12-5-6-13(19)9-14(12)18/h5-6,9,15H,3-4,7-8H2,1-2H3/t15-/m0/s1. The van der Waals surface area contributed by atoms with E-state index in [0.29, 0.717) is 12.1 Å². The second kappa shape index (κ2) is 6.32. The minimum Gasteiger partial charge on any atom is -0.361 e. The van der Waals surface area contributed by atoms with Crippen LogP contribution in [0.3, 0.4) is 0 Å². The number of aryl methyl sites for hydroxylation is 2. The van der Waals surface area contributed by atoms with Crippen molar-refractivity contribution >= 4 is 17.5 Å². The quantitative estimate of drug-likeness (QED) is 0.851. The fourth-order valence-electron chi connectivity index (χ4n) is 3.26. The van der Waals surface area contributed by atoms with Crippen LogP contribution in [0.2, 0.25) is 5.02 Å². The van der Waals surface area contributed by atoms with E-state index in [1.54, 1.807) is 6.07 Å². The number of halogens is 2. The summed E-state index contributed by atoms with van der Waals surface area (Å²) in [5, 5.41) is 4.27. The molecule has 2 aromatic rings. The van der Waals surface area contributed by atoms with Gasteiger partial charge in [0.1, 0.15) is 11.6 Å². The van der Waals surface area contributed by atoms with Crippen molar-refractivity contribution in [2.24, 2.45) is 0 Å². The smallest absolute Gasteiger partial charge is 0.227 e. The summed E-state index contributed by atoms with van der Waals surface area (Å²) in [6.07, 6.45) is 2.00. The SMILES string of the molecule is Cc1noc(C)c1[C@@H]1CCCN1C(=O)Cc1ccc(F)cc1Cl. The maximum absolute atomic E-state index is 13.1. The zero-order chi connectivity index (χ0) is 16.6. The van der Waals surface area contributed by atoms with E-state index >= 15 is 0 Å². The molecule has 1 aliphatic heterocycles. The van der Waals surface area contributed by atoms with Gasteiger partial charge >= 0.3 is 0 Å². The number of benzene rings is 1. The topological polar surface area (TPSA) is 46.3 Å². The lowest BCUT2D eigenvalue weighted by atomic mass is 10.0. The van der Waals surface area contributed by atoms with E-state index < -0.39 is 5.82 Å². The molecule has 1 aromatic carbocycles. The van der Waals surface area contributed by atoms with Gasteiger partial charge in [-0.3, -0.25) is 4.79 Å². The van der Waals surface area contributed by atoms with E-state index in [1.165, 1.54) is 12.1 Å². The summed E-state index contributed by atoms with van der Waals surface area (Å²) in [4.78, 5) is 14.6. The van der Waals surface area contributed by atoms with Crippen LogP contribution in [-0.4, -0.2) is 22.5 Å². The second-order valence-electron chi connectivity index (χ2n) is 5.90. The zero-order valence-electron chi connectivity index (χ0n) is 13.1. The monoisotopic (exact) mass is 336 g/mol. The number of carbonyl (C=O) groups excluding carboxylic acids is 1. The molecule has 1 aromatic heterocycles. The molecular formula is C17H18ClFN2O2. The number of aromatic nitrogens is 1. The summed E-state index contributed by atoms with van der Waals surface area (Å²) >= 11 is 6.03. The minimum absolute atomic E-state index is 0.00651. The average molecular weight is 337 g/mol. The van der Waals surface area contributed by atoms with Gasteiger partial charge in [0, 0.05) is 17.1 Å². The van der Waals surface area contributed by atoms with Gasteiger partial charge in [-0.15, -0.1) is 0 Å². The predicted molar refractivity (Wildman–Crippen MR) is 84.8 cm³/mol. The van der Waals surface area contributed by atoms with Crippen LogP contribution in [0.15, 0.2) is 22.7 Å². The second-order valence-corrected chi connectivity index (χ2v) is 6.30. The third-order valence-corrected chi connectivity index (χ3v) is 4.70. The molecule has 0 N–H and O–H groups in total. The summed E-state index contributed by atoms with van der Waals surface area (Å²) in [6.45, 7) is 4.46. The van der Waals surface area contributed by atoms with Gasteiger partial charge in [-0.25, -0.2) is 4.39 Å². The Morgan fingerprint density at radius 2 is 2.26 bits per heavy atom. The van der Waals surface area contributed by atoms with Crippen LogP contribution < -0.4 is 0 Å². The Labute approximate surface area is 139 Å². The Morgan fingerprint density at radius 1 is 1.48 bits per heavy atom. The van der Waals surface area contributed by atoms with E-state index in [2.05, 4.69) is 5.16 Å². The highest BCUT2D eigenvalue weighted by atomic mass is 35.5. The average Bonchev–Trinajstić information content (AvgIpc) is 3.08. The van der Waals surface area contributed by atoms with Crippen molar-refractivity contribution in [2.45, 2.75) is 39.2 Å². The number of likely N-dealkylation sites (tertiary alicyclic amines) is 1. The summed E-state index contributed by atoms with van der Waals surface area (Å²) in [5.41, 5.74) is 2.47. The first-order chi connectivity index (χ1) is 11.0. The number of hydrogen-bond acceptors (Lipinski definition) is 3. The molecule has 122 valence electrons. The molecule has 1 atom stereocenters. The molecule has 0 saturated carbocycles. The lowest BCUT2D eigenvalue weighted by molar-refractivity contribution is -0.131. The van der Waals surface area contributed by atoms with Crippen molar-refractivity contribution in [1.29, 1.82) is 0 Å². The molecule has 1 saturated heterocycles. The minimum atomic E-state index is -0.402. The first-order valence-electron chi connectivity index (χ1n) is 7.63. The molecule has 0 unspecified atom stereocenters. The van der Waals surface area contributed by atoms with Crippen molar-refractivity contribution in [3.63, 3.8) is 0 Å². The molecule has 0 radical (unpaired) electrons. The third-order valence-electron chi connectivity index (χ3n) is 4.35. The molecule has 1 aliphatic rings. The number of amides is 1. The van der Waals surface area contributed by atoms with Crippen LogP contribution in [0.5, 0.6) is 0 Å². The highest BCUT2D eigenvalue weighted by Crippen LogP contribution is 2.36. The number of hydrogen-bond donors (Lipinski definition) is 0. The summed E-state index contributed by atoms with van der Waals surface area (Å²) in [6, 6.07) is 4.12. The molecule has 4 nitrogen and oxygen atoms in total. The molecule has 0 spiro atoms. The third kappa shape index (κ3) is 3.11. The highest BCUT2D eigenvalue weighted by molar-refractivity contribution is 6.31. The number of rotatable bonds is 3. The van der Waals surface area contributed by atoms with Crippen LogP contribution >= 0.6 is 11.6 Å². The van der Waals surface area contributed by atoms with Crippen molar-refractivity contribution < 1.29 is 13.7 Å². The van der Waals surface area contributed by atoms with Crippen LogP contribution in [0, 0.1) is 19.7 Å². The Balaban J connectivity index is 1.81. The summed E-state index contributed by atoms with van der Waals surface area (Å²) in [7, 11) is 0. The summed E-state index contributed by atoms with van der Waals surface area (Å²) < 4.78 is 18.4. The first kappa shape index (κ1) is 16.0. The van der Waals surface area contributed by atoms with Gasteiger partial charge in [0.2, 0.25) is 5.91 Å². The van der Waals surface area contributed by atoms with E-state index in [0.717, 1.165) is 29.9 Å². The van der Waals surface area contributed by atoms with Gasteiger partial charge < -0.3 is 9.42 Å². The van der Waals surface area contributed by atoms with Gasteiger partial charge in [-0.1, -0.05) is 22.8 Å². The van der Waals surface area contributed by atoms with Crippen molar-refractivity contribution in [1.82, 2.24) is 10.1 Å². The van der Waals surface area contributed by atoms with E-state index in [4.69, 9.17) is 16.1 Å². The largest absolute Gasteiger partial charge is 0.361 e. The Kier molecular flexibility index (Phi) is 4.39. The van der Waals surface area contributed by atoms with Crippen LogP contribution in [0.25, 0.3) is 0 Å². The van der Waals surface area contributed by atoms with Crippen molar-refractivity contribution in [2.75, 3.05) is 6.54 Å². The number of nitrogens with zero attached hydrogens (tertiary/aromatic N) is 2. The predicted octanol–water partition coefficient (Wildman–Crippen LogP) is 3.99. The van der Waals surface area contributed by atoms with Crippen LogP contribution in [0.1, 0.15) is 41.5 Å². The molecular weight excluding hydrogens is 319 g/mol.